The molecule has 6 heteroatoms. The summed E-state index contributed by atoms with van der Waals surface area (Å²) < 4.78 is 5.97. The molecule has 0 atom stereocenters. The highest BCUT2D eigenvalue weighted by Crippen LogP contribution is 2.28. The van der Waals surface area contributed by atoms with E-state index in [2.05, 4.69) is 36.6 Å². The molecular weight excluding hydrogens is 248 g/mol. The van der Waals surface area contributed by atoms with Crippen LogP contribution < -0.4 is 4.74 Å². The minimum absolute atomic E-state index is 0.563. The number of methoxy groups -OCH3 is 1. The second kappa shape index (κ2) is 3.75. The van der Waals surface area contributed by atoms with E-state index in [4.69, 9.17) is 4.74 Å². The highest BCUT2D eigenvalue weighted by atomic mass is 79.9. The molecule has 0 saturated heterocycles. The molecule has 14 heavy (non-hydrogen) atoms. The number of benzene rings is 1. The van der Waals surface area contributed by atoms with Crippen molar-refractivity contribution in [3.63, 3.8) is 0 Å². The van der Waals surface area contributed by atoms with E-state index in [0.29, 0.717) is 5.82 Å². The molecule has 0 unspecified atom stereocenters. The number of aromatic nitrogens is 4. The van der Waals surface area contributed by atoms with Crippen LogP contribution in [0.3, 0.4) is 0 Å². The van der Waals surface area contributed by atoms with E-state index in [1.54, 1.807) is 7.11 Å². The predicted molar refractivity (Wildman–Crippen MR) is 53.9 cm³/mol. The van der Waals surface area contributed by atoms with Gasteiger partial charge in [0.05, 0.1) is 11.6 Å². The maximum absolute atomic E-state index is 5.11. The van der Waals surface area contributed by atoms with Gasteiger partial charge < -0.3 is 4.74 Å². The molecule has 2 aromatic rings. The SMILES string of the molecule is COc1ccc(-c2nn[nH]n2)cc1Br. The van der Waals surface area contributed by atoms with E-state index in [-0.39, 0.29) is 0 Å². The number of hydrogen-bond acceptors (Lipinski definition) is 4. The van der Waals surface area contributed by atoms with Gasteiger partial charge in [-0.1, -0.05) is 0 Å². The minimum atomic E-state index is 0.563. The summed E-state index contributed by atoms with van der Waals surface area (Å²) >= 11 is 3.38. The normalized spacial score (nSPS) is 10.1. The van der Waals surface area contributed by atoms with Crippen LogP contribution in [0.15, 0.2) is 22.7 Å². The Hall–Kier alpha value is -1.43. The predicted octanol–water partition coefficient (Wildman–Crippen LogP) is 1.64. The minimum Gasteiger partial charge on any atom is -0.496 e. The number of ether oxygens (including phenoxy) is 1. The third-order valence-corrected chi connectivity index (χ3v) is 2.38. The summed E-state index contributed by atoms with van der Waals surface area (Å²) in [5, 5.41) is 13.6. The topological polar surface area (TPSA) is 63.7 Å². The number of hydrogen-bond donors (Lipinski definition) is 1. The first-order valence-electron chi connectivity index (χ1n) is 3.88. The van der Waals surface area contributed by atoms with Crippen LogP contribution in [0.25, 0.3) is 11.4 Å². The van der Waals surface area contributed by atoms with Gasteiger partial charge in [-0.05, 0) is 39.3 Å². The summed E-state index contributed by atoms with van der Waals surface area (Å²) in [5.74, 6) is 1.34. The van der Waals surface area contributed by atoms with Gasteiger partial charge in [0.1, 0.15) is 5.75 Å². The fraction of sp³-hybridized carbons (Fsp3) is 0.125. The van der Waals surface area contributed by atoms with E-state index >= 15 is 0 Å². The van der Waals surface area contributed by atoms with Gasteiger partial charge in [0, 0.05) is 5.56 Å². The van der Waals surface area contributed by atoms with Crippen LogP contribution in [0.1, 0.15) is 0 Å². The van der Waals surface area contributed by atoms with Crippen LogP contribution in [0.2, 0.25) is 0 Å². The second-order valence-corrected chi connectivity index (χ2v) is 3.44. The van der Waals surface area contributed by atoms with Crippen LogP contribution in [-0.4, -0.2) is 27.7 Å². The fourth-order valence-corrected chi connectivity index (χ4v) is 1.63. The zero-order valence-corrected chi connectivity index (χ0v) is 8.95. The molecular formula is C8H7BrN4O. The largest absolute Gasteiger partial charge is 0.496 e. The molecule has 0 amide bonds. The summed E-state index contributed by atoms with van der Waals surface area (Å²) in [7, 11) is 1.62. The average molecular weight is 255 g/mol. The van der Waals surface area contributed by atoms with Crippen LogP contribution >= 0.6 is 15.9 Å². The van der Waals surface area contributed by atoms with E-state index in [0.717, 1.165) is 15.8 Å². The first kappa shape index (κ1) is 9.14. The van der Waals surface area contributed by atoms with Crippen molar-refractivity contribution in [2.75, 3.05) is 7.11 Å². The number of nitrogens with one attached hydrogen (secondary N) is 1. The summed E-state index contributed by atoms with van der Waals surface area (Å²) in [6.07, 6.45) is 0. The van der Waals surface area contributed by atoms with Gasteiger partial charge >= 0.3 is 0 Å². The van der Waals surface area contributed by atoms with Crippen molar-refractivity contribution in [2.24, 2.45) is 0 Å². The molecule has 1 heterocycles. The molecule has 0 fully saturated rings. The van der Waals surface area contributed by atoms with Crippen molar-refractivity contribution in [2.45, 2.75) is 0 Å². The second-order valence-electron chi connectivity index (χ2n) is 2.58. The fourth-order valence-electron chi connectivity index (χ4n) is 1.09. The summed E-state index contributed by atoms with van der Waals surface area (Å²) in [4.78, 5) is 0. The third-order valence-electron chi connectivity index (χ3n) is 1.76. The van der Waals surface area contributed by atoms with Crippen molar-refractivity contribution in [1.29, 1.82) is 0 Å². The standard InChI is InChI=1S/C8H7BrN4O/c1-14-7-3-2-5(4-6(7)9)8-10-12-13-11-8/h2-4H,1H3,(H,10,11,12,13). The molecule has 2 rings (SSSR count). The average Bonchev–Trinajstić information content (AvgIpc) is 2.70. The molecule has 0 saturated carbocycles. The Morgan fingerprint density at radius 1 is 1.43 bits per heavy atom. The first-order chi connectivity index (χ1) is 6.81. The van der Waals surface area contributed by atoms with Crippen molar-refractivity contribution in [1.82, 2.24) is 20.6 Å². The highest BCUT2D eigenvalue weighted by molar-refractivity contribution is 9.10. The molecule has 1 aromatic carbocycles. The number of halogens is 1. The number of tetrazole rings is 1. The van der Waals surface area contributed by atoms with Crippen molar-refractivity contribution in [3.05, 3.63) is 22.7 Å². The Labute approximate surface area is 88.6 Å². The molecule has 0 aliphatic heterocycles. The number of nitrogens with zero attached hydrogens (tertiary/aromatic N) is 3. The monoisotopic (exact) mass is 254 g/mol. The zero-order valence-electron chi connectivity index (χ0n) is 7.36. The number of aromatic amines is 1. The lowest BCUT2D eigenvalue weighted by molar-refractivity contribution is 0.412. The van der Waals surface area contributed by atoms with E-state index in [9.17, 15) is 0 Å². The van der Waals surface area contributed by atoms with Crippen molar-refractivity contribution in [3.8, 4) is 17.1 Å². The molecule has 1 N–H and O–H groups in total. The van der Waals surface area contributed by atoms with Crippen LogP contribution in [-0.2, 0) is 0 Å². The Morgan fingerprint density at radius 2 is 2.29 bits per heavy atom. The molecule has 0 spiro atoms. The molecule has 1 aromatic heterocycles. The Bertz CT molecular complexity index is 429. The molecule has 0 aliphatic rings. The van der Waals surface area contributed by atoms with Gasteiger partial charge in [-0.2, -0.15) is 5.21 Å². The number of rotatable bonds is 2. The van der Waals surface area contributed by atoms with Crippen molar-refractivity contribution < 1.29 is 4.74 Å². The first-order valence-corrected chi connectivity index (χ1v) is 4.68. The maximum atomic E-state index is 5.11. The Morgan fingerprint density at radius 3 is 2.86 bits per heavy atom. The molecule has 0 radical (unpaired) electrons. The van der Waals surface area contributed by atoms with Crippen LogP contribution in [0, 0.1) is 0 Å². The van der Waals surface area contributed by atoms with Gasteiger partial charge in [0.25, 0.3) is 0 Å². The third kappa shape index (κ3) is 1.60. The van der Waals surface area contributed by atoms with Gasteiger partial charge in [0.15, 0.2) is 0 Å². The molecule has 0 aliphatic carbocycles. The quantitative estimate of drug-likeness (QED) is 0.885. The smallest absolute Gasteiger partial charge is 0.204 e. The van der Waals surface area contributed by atoms with Gasteiger partial charge in [-0.15, -0.1) is 10.2 Å². The van der Waals surface area contributed by atoms with E-state index in [1.807, 2.05) is 18.2 Å². The zero-order chi connectivity index (χ0) is 9.97. The highest BCUT2D eigenvalue weighted by Gasteiger charge is 2.06. The van der Waals surface area contributed by atoms with Gasteiger partial charge in [-0.25, -0.2) is 0 Å². The Kier molecular flexibility index (Phi) is 2.45. The van der Waals surface area contributed by atoms with Crippen LogP contribution in [0.4, 0.5) is 0 Å². The molecule has 5 nitrogen and oxygen atoms in total. The van der Waals surface area contributed by atoms with Gasteiger partial charge in [-0.3, -0.25) is 0 Å². The molecule has 72 valence electrons. The van der Waals surface area contributed by atoms with Gasteiger partial charge in [0.2, 0.25) is 5.82 Å². The van der Waals surface area contributed by atoms with E-state index < -0.39 is 0 Å². The van der Waals surface area contributed by atoms with E-state index in [1.165, 1.54) is 0 Å². The Balaban J connectivity index is 2.43. The summed E-state index contributed by atoms with van der Waals surface area (Å²) in [5.41, 5.74) is 0.881. The maximum Gasteiger partial charge on any atom is 0.204 e. The molecule has 0 bridgehead atoms. The lowest BCUT2D eigenvalue weighted by Gasteiger charge is -2.03. The summed E-state index contributed by atoms with van der Waals surface area (Å²) in [6.45, 7) is 0. The van der Waals surface area contributed by atoms with Crippen LogP contribution in [0.5, 0.6) is 5.75 Å². The van der Waals surface area contributed by atoms with Crippen molar-refractivity contribution >= 4 is 15.9 Å². The lowest BCUT2D eigenvalue weighted by Crippen LogP contribution is -1.86. The number of H-pyrrole nitrogens is 1. The summed E-state index contributed by atoms with van der Waals surface area (Å²) in [6, 6.07) is 5.59. The lowest BCUT2D eigenvalue weighted by atomic mass is 10.2.